The lowest BCUT2D eigenvalue weighted by atomic mass is 9.95. The number of fused-ring (bicyclic) bond motifs is 1. The third kappa shape index (κ3) is 5.22. The summed E-state index contributed by atoms with van der Waals surface area (Å²) in [7, 11) is 0. The summed E-state index contributed by atoms with van der Waals surface area (Å²) < 4.78 is 24.8. The number of aliphatic hydroxyl groups is 1. The minimum atomic E-state index is -0.761. The van der Waals surface area contributed by atoms with E-state index in [2.05, 4.69) is 30.7 Å². The van der Waals surface area contributed by atoms with Crippen LogP contribution in [0.1, 0.15) is 41.4 Å². The van der Waals surface area contributed by atoms with Gasteiger partial charge in [0.15, 0.2) is 0 Å². The number of carbonyl (C=O) groups excluding carboxylic acids is 1. The summed E-state index contributed by atoms with van der Waals surface area (Å²) in [6.07, 6.45) is 1.52. The van der Waals surface area contributed by atoms with Gasteiger partial charge in [-0.3, -0.25) is 0 Å². The molecule has 0 bridgehead atoms. The molecule has 1 aliphatic rings. The van der Waals surface area contributed by atoms with E-state index in [1.165, 1.54) is 18.3 Å². The number of rotatable bonds is 8. The van der Waals surface area contributed by atoms with Crippen molar-refractivity contribution in [3.8, 4) is 22.8 Å². The van der Waals surface area contributed by atoms with Crippen molar-refractivity contribution in [2.24, 2.45) is 0 Å². The Kier molecular flexibility index (Phi) is 6.64. The maximum Gasteiger partial charge on any atom is 0.339 e. The van der Waals surface area contributed by atoms with Crippen molar-refractivity contribution in [1.29, 1.82) is 0 Å². The highest BCUT2D eigenvalue weighted by atomic mass is 19.1. The van der Waals surface area contributed by atoms with Gasteiger partial charge < -0.3 is 25.0 Å². The zero-order valence-electron chi connectivity index (χ0n) is 22.1. The summed E-state index contributed by atoms with van der Waals surface area (Å²) in [6.45, 7) is 3.44. The molecular formula is C30H25FN6O4. The monoisotopic (exact) mass is 552 g/mol. The van der Waals surface area contributed by atoms with E-state index < -0.39 is 17.5 Å². The third-order valence-electron chi connectivity index (χ3n) is 6.72. The van der Waals surface area contributed by atoms with E-state index >= 15 is 0 Å². The molecule has 5 aromatic rings. The van der Waals surface area contributed by atoms with E-state index in [1.54, 1.807) is 24.3 Å². The van der Waals surface area contributed by atoms with Gasteiger partial charge in [0.2, 0.25) is 11.8 Å². The number of hydrogen-bond acceptors (Lipinski definition) is 10. The van der Waals surface area contributed by atoms with Gasteiger partial charge in [-0.2, -0.15) is 9.97 Å². The molecule has 6 rings (SSSR count). The van der Waals surface area contributed by atoms with E-state index in [-0.39, 0.29) is 30.2 Å². The number of nitrogens with one attached hydrogen (secondary N) is 2. The first kappa shape index (κ1) is 26.1. The van der Waals surface area contributed by atoms with Crippen LogP contribution in [0.3, 0.4) is 0 Å². The second kappa shape index (κ2) is 10.4. The Morgan fingerprint density at radius 2 is 1.83 bits per heavy atom. The summed E-state index contributed by atoms with van der Waals surface area (Å²) in [5.74, 6) is 0.0879. The molecule has 206 valence electrons. The third-order valence-corrected chi connectivity index (χ3v) is 6.72. The number of anilines is 3. The van der Waals surface area contributed by atoms with E-state index in [0.717, 1.165) is 11.1 Å². The fourth-order valence-electron chi connectivity index (χ4n) is 4.64. The Hall–Kier alpha value is -5.16. The normalized spacial score (nSPS) is 14.3. The quantitative estimate of drug-likeness (QED) is 0.208. The zero-order chi connectivity index (χ0) is 28.6. The largest absolute Gasteiger partial charge is 0.451 e. The number of nitrogens with zero attached hydrogens (tertiary/aromatic N) is 4. The number of aromatic nitrogens is 4. The highest BCUT2D eigenvalue weighted by molar-refractivity contribution is 5.95. The molecule has 0 saturated heterocycles. The van der Waals surface area contributed by atoms with Crippen molar-refractivity contribution in [3.05, 3.63) is 102 Å². The molecule has 3 N–H and O–H groups in total. The van der Waals surface area contributed by atoms with Crippen LogP contribution < -0.4 is 10.6 Å². The molecule has 0 fully saturated rings. The van der Waals surface area contributed by atoms with Crippen LogP contribution in [0.2, 0.25) is 0 Å². The van der Waals surface area contributed by atoms with Crippen molar-refractivity contribution in [1.82, 2.24) is 20.1 Å². The molecule has 0 spiro atoms. The van der Waals surface area contributed by atoms with E-state index in [4.69, 9.17) is 9.26 Å². The first-order valence-electron chi connectivity index (χ1n) is 12.8. The Labute approximate surface area is 234 Å². The van der Waals surface area contributed by atoms with Crippen molar-refractivity contribution in [2.75, 3.05) is 17.2 Å². The predicted molar refractivity (Wildman–Crippen MR) is 149 cm³/mol. The van der Waals surface area contributed by atoms with Gasteiger partial charge in [0.25, 0.3) is 5.89 Å². The van der Waals surface area contributed by atoms with Crippen LogP contribution in [0, 0.1) is 5.82 Å². The Morgan fingerprint density at radius 3 is 2.61 bits per heavy atom. The van der Waals surface area contributed by atoms with Gasteiger partial charge >= 0.3 is 5.97 Å². The van der Waals surface area contributed by atoms with Crippen LogP contribution >= 0.6 is 0 Å². The minimum Gasteiger partial charge on any atom is -0.451 e. The number of esters is 1. The van der Waals surface area contributed by atoms with Crippen LogP contribution in [0.25, 0.3) is 22.8 Å². The first-order valence-corrected chi connectivity index (χ1v) is 12.8. The van der Waals surface area contributed by atoms with Crippen molar-refractivity contribution >= 4 is 23.4 Å². The van der Waals surface area contributed by atoms with Gasteiger partial charge in [-0.1, -0.05) is 47.6 Å². The minimum absolute atomic E-state index is 0.109. The number of carbonyl (C=O) groups is 1. The van der Waals surface area contributed by atoms with Gasteiger partial charge in [0, 0.05) is 23.0 Å². The maximum absolute atomic E-state index is 13.8. The molecule has 0 amide bonds. The van der Waals surface area contributed by atoms with Crippen LogP contribution in [0.4, 0.5) is 21.8 Å². The lowest BCUT2D eigenvalue weighted by Gasteiger charge is -2.20. The van der Waals surface area contributed by atoms with Crippen molar-refractivity contribution < 1.29 is 23.6 Å². The SMILES string of the molecule is CC1(C)OC(=O)c2ccc(Nc3ncc(-c4nc(-c5cccc(F)c5)no4)c(N[C@H](CO)c4ccccc4)n3)cc21. The van der Waals surface area contributed by atoms with Crippen LogP contribution in [0.15, 0.2) is 83.5 Å². The Bertz CT molecular complexity index is 1740. The summed E-state index contributed by atoms with van der Waals surface area (Å²) in [4.78, 5) is 25.7. The molecule has 10 nitrogen and oxygen atoms in total. The van der Waals surface area contributed by atoms with Gasteiger partial charge in [0.05, 0.1) is 18.2 Å². The fourth-order valence-corrected chi connectivity index (χ4v) is 4.64. The molecule has 11 heteroatoms. The van der Waals surface area contributed by atoms with Crippen LogP contribution in [-0.2, 0) is 10.3 Å². The lowest BCUT2D eigenvalue weighted by molar-refractivity contribution is 0.00954. The lowest BCUT2D eigenvalue weighted by Crippen LogP contribution is -2.17. The summed E-state index contributed by atoms with van der Waals surface area (Å²) >= 11 is 0. The van der Waals surface area contributed by atoms with Gasteiger partial charge in [-0.25, -0.2) is 14.2 Å². The predicted octanol–water partition coefficient (Wildman–Crippen LogP) is 5.63. The number of aliphatic hydroxyl groups excluding tert-OH is 1. The number of halogens is 1. The van der Waals surface area contributed by atoms with Gasteiger partial charge in [0.1, 0.15) is 22.8 Å². The average Bonchev–Trinajstić information content (AvgIpc) is 3.54. The van der Waals surface area contributed by atoms with E-state index in [9.17, 15) is 14.3 Å². The standard InChI is InChI=1S/C30H25FN6O4/c1-30(2)23-14-20(11-12-21(23)28(39)40-30)33-29-32-15-22(26(36-29)34-24(16-38)17-7-4-3-5-8-17)27-35-25(37-41-27)18-9-6-10-19(31)13-18/h3-15,24,38H,16H2,1-2H3,(H2,32,33,34,36)/t24-/m1/s1. The molecule has 3 heterocycles. The molecule has 0 aliphatic carbocycles. The Morgan fingerprint density at radius 1 is 1.00 bits per heavy atom. The van der Waals surface area contributed by atoms with Crippen LogP contribution in [0.5, 0.6) is 0 Å². The number of benzene rings is 3. The Balaban J connectivity index is 1.37. The zero-order valence-corrected chi connectivity index (χ0v) is 22.1. The molecule has 2 aromatic heterocycles. The molecular weight excluding hydrogens is 527 g/mol. The summed E-state index contributed by atoms with van der Waals surface area (Å²) in [5.41, 5.74) is 2.83. The molecule has 3 aromatic carbocycles. The van der Waals surface area contributed by atoms with Gasteiger partial charge in [-0.05, 0) is 49.7 Å². The topological polar surface area (TPSA) is 135 Å². The second-order valence-corrected chi connectivity index (χ2v) is 9.96. The number of ether oxygens (including phenoxy) is 1. The molecule has 41 heavy (non-hydrogen) atoms. The molecule has 0 saturated carbocycles. The summed E-state index contributed by atoms with van der Waals surface area (Å²) in [5, 5.41) is 20.6. The number of hydrogen-bond donors (Lipinski definition) is 3. The van der Waals surface area contributed by atoms with E-state index in [1.807, 2.05) is 50.2 Å². The fraction of sp³-hybridized carbons (Fsp3) is 0.167. The van der Waals surface area contributed by atoms with E-state index in [0.29, 0.717) is 28.2 Å². The maximum atomic E-state index is 13.8. The van der Waals surface area contributed by atoms with Crippen molar-refractivity contribution in [3.63, 3.8) is 0 Å². The average molecular weight is 553 g/mol. The number of cyclic esters (lactones) is 1. The molecule has 0 unspecified atom stereocenters. The molecule has 1 atom stereocenters. The molecule has 1 aliphatic heterocycles. The van der Waals surface area contributed by atoms with Crippen molar-refractivity contribution in [2.45, 2.75) is 25.5 Å². The van der Waals surface area contributed by atoms with Crippen LogP contribution in [-0.4, -0.2) is 37.8 Å². The summed E-state index contributed by atoms with van der Waals surface area (Å²) in [6, 6.07) is 20.1. The highest BCUT2D eigenvalue weighted by Crippen LogP contribution is 2.38. The smallest absolute Gasteiger partial charge is 0.339 e. The second-order valence-electron chi connectivity index (χ2n) is 9.96. The first-order chi connectivity index (χ1) is 19.8. The molecule has 0 radical (unpaired) electrons. The van der Waals surface area contributed by atoms with Gasteiger partial charge in [-0.15, -0.1) is 0 Å². The highest BCUT2D eigenvalue weighted by Gasteiger charge is 2.37.